The molecule has 8 aromatic rings. The van der Waals surface area contributed by atoms with Crippen LogP contribution < -0.4 is 0 Å². The first-order chi connectivity index (χ1) is 24.5. The smallest absolute Gasteiger partial charge is 0.164 e. The highest BCUT2D eigenvalue weighted by atomic mass is 16.3. The summed E-state index contributed by atoms with van der Waals surface area (Å²) in [5, 5.41) is 27.6. The number of aliphatic hydroxyl groups excluding tert-OH is 2. The van der Waals surface area contributed by atoms with Gasteiger partial charge in [0.05, 0.1) is 0 Å². The standard InChI is InChI=1S/C48H34O2/c1-3-37(48(50)31(2)49)46-41-22-9-11-24-43(41)47(44-25-12-10-23-42(44)46)45-30-35(27-28-40(45)32-15-5-4-6-16-32)34-19-13-20-36(29-34)39-26-14-18-33-17-7-8-21-38(33)39/h3-30,49-50H,1-2H2/b48-37-. The van der Waals surface area contributed by atoms with Crippen LogP contribution in [0.4, 0.5) is 0 Å². The molecule has 0 unspecified atom stereocenters. The van der Waals surface area contributed by atoms with E-state index in [1.54, 1.807) is 6.08 Å². The molecule has 0 heterocycles. The molecule has 2 nitrogen and oxygen atoms in total. The van der Waals surface area contributed by atoms with Crippen molar-refractivity contribution in [2.45, 2.75) is 0 Å². The van der Waals surface area contributed by atoms with Crippen molar-refractivity contribution in [1.29, 1.82) is 0 Å². The Hall–Kier alpha value is -6.64. The molecule has 8 rings (SSSR count). The minimum atomic E-state index is -0.401. The molecule has 0 aliphatic rings. The van der Waals surface area contributed by atoms with Gasteiger partial charge in [-0.3, -0.25) is 0 Å². The van der Waals surface area contributed by atoms with Crippen molar-refractivity contribution in [1.82, 2.24) is 0 Å². The topological polar surface area (TPSA) is 40.5 Å². The molecular weight excluding hydrogens is 609 g/mol. The summed E-state index contributed by atoms with van der Waals surface area (Å²) in [6, 6.07) is 57.6. The van der Waals surface area contributed by atoms with Crippen molar-refractivity contribution in [3.8, 4) is 44.5 Å². The number of hydrogen-bond donors (Lipinski definition) is 2. The van der Waals surface area contributed by atoms with Gasteiger partial charge in [0, 0.05) is 11.1 Å². The third-order valence-electron chi connectivity index (χ3n) is 9.60. The Morgan fingerprint density at radius 2 is 0.980 bits per heavy atom. The van der Waals surface area contributed by atoms with Gasteiger partial charge < -0.3 is 10.2 Å². The van der Waals surface area contributed by atoms with Gasteiger partial charge in [-0.05, 0) is 89.0 Å². The van der Waals surface area contributed by atoms with Gasteiger partial charge in [0.15, 0.2) is 11.5 Å². The SMILES string of the molecule is C=C/C(=C(/O)C(=C)O)c1c2ccccc2c(-c2cc(-c3cccc(-c4cccc5ccccc45)c3)ccc2-c2ccccc2)c2ccccc12. The molecule has 0 aromatic heterocycles. The van der Waals surface area contributed by atoms with Crippen LogP contribution in [0.25, 0.3) is 82.4 Å². The fraction of sp³-hybridized carbons (Fsp3) is 0. The first-order valence-electron chi connectivity index (χ1n) is 16.7. The van der Waals surface area contributed by atoms with E-state index in [0.717, 1.165) is 60.5 Å². The molecule has 2 heteroatoms. The molecule has 0 aliphatic heterocycles. The van der Waals surface area contributed by atoms with Gasteiger partial charge >= 0.3 is 0 Å². The van der Waals surface area contributed by atoms with Crippen molar-refractivity contribution >= 4 is 37.9 Å². The molecule has 2 N–H and O–H groups in total. The van der Waals surface area contributed by atoms with Gasteiger partial charge in [-0.15, -0.1) is 0 Å². The third kappa shape index (κ3) is 5.24. The van der Waals surface area contributed by atoms with Crippen molar-refractivity contribution in [2.24, 2.45) is 0 Å². The molecule has 0 radical (unpaired) electrons. The number of rotatable bonds is 7. The summed E-state index contributed by atoms with van der Waals surface area (Å²) in [7, 11) is 0. The fourth-order valence-corrected chi connectivity index (χ4v) is 7.32. The van der Waals surface area contributed by atoms with Crippen LogP contribution in [-0.2, 0) is 0 Å². The summed E-state index contributed by atoms with van der Waals surface area (Å²) in [6.45, 7) is 7.61. The van der Waals surface area contributed by atoms with Gasteiger partial charge in [-0.2, -0.15) is 0 Å². The van der Waals surface area contributed by atoms with Gasteiger partial charge in [-0.1, -0.05) is 171 Å². The van der Waals surface area contributed by atoms with E-state index in [1.807, 2.05) is 30.3 Å². The Labute approximate surface area is 291 Å². The van der Waals surface area contributed by atoms with Crippen LogP contribution in [-0.4, -0.2) is 10.2 Å². The Balaban J connectivity index is 1.43. The maximum Gasteiger partial charge on any atom is 0.164 e. The molecule has 0 saturated carbocycles. The number of allylic oxidation sites excluding steroid dienone is 2. The van der Waals surface area contributed by atoms with Crippen LogP contribution in [0.3, 0.4) is 0 Å². The average molecular weight is 643 g/mol. The van der Waals surface area contributed by atoms with Crippen LogP contribution in [0.1, 0.15) is 5.56 Å². The van der Waals surface area contributed by atoms with E-state index in [9.17, 15) is 10.2 Å². The first-order valence-corrected chi connectivity index (χ1v) is 16.7. The number of aliphatic hydroxyl groups is 2. The molecular formula is C48H34O2. The van der Waals surface area contributed by atoms with Gasteiger partial charge in [-0.25, -0.2) is 0 Å². The second-order valence-electron chi connectivity index (χ2n) is 12.5. The molecule has 0 fully saturated rings. The fourth-order valence-electron chi connectivity index (χ4n) is 7.32. The van der Waals surface area contributed by atoms with E-state index in [0.29, 0.717) is 5.57 Å². The second-order valence-corrected chi connectivity index (χ2v) is 12.5. The highest BCUT2D eigenvalue weighted by Crippen LogP contribution is 2.46. The minimum Gasteiger partial charge on any atom is -0.505 e. The first kappa shape index (κ1) is 30.7. The molecule has 238 valence electrons. The Bertz CT molecular complexity index is 2580. The van der Waals surface area contributed by atoms with Crippen LogP contribution >= 0.6 is 0 Å². The molecule has 50 heavy (non-hydrogen) atoms. The predicted octanol–water partition coefficient (Wildman–Crippen LogP) is 13.3. The molecule has 0 saturated heterocycles. The average Bonchev–Trinajstić information content (AvgIpc) is 3.17. The highest BCUT2D eigenvalue weighted by molar-refractivity contribution is 6.21. The zero-order chi connectivity index (χ0) is 34.2. The summed E-state index contributed by atoms with van der Waals surface area (Å²) in [5.74, 6) is -0.692. The normalized spacial score (nSPS) is 11.8. The van der Waals surface area contributed by atoms with Crippen LogP contribution in [0.15, 0.2) is 195 Å². The summed E-state index contributed by atoms with van der Waals surface area (Å²) >= 11 is 0. The molecule has 0 spiro atoms. The Kier molecular flexibility index (Phi) is 7.83. The Morgan fingerprint density at radius 3 is 1.66 bits per heavy atom. The zero-order valence-electron chi connectivity index (χ0n) is 27.5. The largest absolute Gasteiger partial charge is 0.505 e. The highest BCUT2D eigenvalue weighted by Gasteiger charge is 2.22. The lowest BCUT2D eigenvalue weighted by molar-refractivity contribution is 0.331. The number of fused-ring (bicyclic) bond motifs is 3. The minimum absolute atomic E-state index is 0.291. The van der Waals surface area contributed by atoms with Crippen LogP contribution in [0, 0.1) is 0 Å². The van der Waals surface area contributed by atoms with Gasteiger partial charge in [0.1, 0.15) is 0 Å². The zero-order valence-corrected chi connectivity index (χ0v) is 27.5. The molecule has 0 aliphatic carbocycles. The summed E-state index contributed by atoms with van der Waals surface area (Å²) in [5.41, 5.74) is 10.3. The summed E-state index contributed by atoms with van der Waals surface area (Å²) < 4.78 is 0. The second kappa shape index (κ2) is 12.8. The summed E-state index contributed by atoms with van der Waals surface area (Å²) in [6.07, 6.45) is 1.59. The molecule has 0 atom stereocenters. The lowest BCUT2D eigenvalue weighted by Gasteiger charge is -2.21. The van der Waals surface area contributed by atoms with Crippen LogP contribution in [0.5, 0.6) is 0 Å². The van der Waals surface area contributed by atoms with Gasteiger partial charge in [0.2, 0.25) is 0 Å². The monoisotopic (exact) mass is 642 g/mol. The maximum absolute atomic E-state index is 11.0. The van der Waals surface area contributed by atoms with E-state index in [-0.39, 0.29) is 5.76 Å². The summed E-state index contributed by atoms with van der Waals surface area (Å²) in [4.78, 5) is 0. The van der Waals surface area contributed by atoms with E-state index in [4.69, 9.17) is 0 Å². The van der Waals surface area contributed by atoms with Crippen molar-refractivity contribution < 1.29 is 10.2 Å². The van der Waals surface area contributed by atoms with E-state index >= 15 is 0 Å². The predicted molar refractivity (Wildman–Crippen MR) is 212 cm³/mol. The lowest BCUT2D eigenvalue weighted by atomic mass is 9.82. The van der Waals surface area contributed by atoms with Crippen molar-refractivity contribution in [3.05, 3.63) is 200 Å². The van der Waals surface area contributed by atoms with Gasteiger partial charge in [0.25, 0.3) is 0 Å². The quantitative estimate of drug-likeness (QED) is 0.103. The lowest BCUT2D eigenvalue weighted by Crippen LogP contribution is -1.98. The number of benzene rings is 8. The van der Waals surface area contributed by atoms with Crippen LogP contribution in [0.2, 0.25) is 0 Å². The third-order valence-corrected chi connectivity index (χ3v) is 9.60. The van der Waals surface area contributed by atoms with E-state index < -0.39 is 5.76 Å². The van der Waals surface area contributed by atoms with E-state index in [1.165, 1.54) is 21.9 Å². The van der Waals surface area contributed by atoms with E-state index in [2.05, 4.69) is 147 Å². The Morgan fingerprint density at radius 1 is 0.440 bits per heavy atom. The molecule has 0 bridgehead atoms. The number of hydrogen-bond acceptors (Lipinski definition) is 2. The molecule has 8 aromatic carbocycles. The maximum atomic E-state index is 11.0. The van der Waals surface area contributed by atoms with Crippen molar-refractivity contribution in [3.63, 3.8) is 0 Å². The van der Waals surface area contributed by atoms with Crippen molar-refractivity contribution in [2.75, 3.05) is 0 Å². The molecule has 0 amide bonds.